The van der Waals surface area contributed by atoms with E-state index in [0.29, 0.717) is 24.3 Å². The highest BCUT2D eigenvalue weighted by atomic mass is 35.5. The van der Waals surface area contributed by atoms with Crippen molar-refractivity contribution in [1.82, 2.24) is 19.8 Å². The van der Waals surface area contributed by atoms with Crippen molar-refractivity contribution in [2.45, 2.75) is 32.0 Å². The van der Waals surface area contributed by atoms with Crippen molar-refractivity contribution in [3.05, 3.63) is 77.7 Å². The molecule has 3 heterocycles. The van der Waals surface area contributed by atoms with Crippen LogP contribution in [-0.2, 0) is 22.7 Å². The number of benzene rings is 2. The van der Waals surface area contributed by atoms with Gasteiger partial charge in [0.2, 0.25) is 11.8 Å². The van der Waals surface area contributed by atoms with Gasteiger partial charge in [-0.05, 0) is 25.0 Å². The van der Waals surface area contributed by atoms with Crippen molar-refractivity contribution < 1.29 is 18.4 Å². The molecule has 5 rings (SSSR count). The molecule has 9 heteroatoms. The number of halogens is 2. The summed E-state index contributed by atoms with van der Waals surface area (Å²) in [6.45, 7) is 0.588. The van der Waals surface area contributed by atoms with Crippen LogP contribution in [0.5, 0.6) is 0 Å². The quantitative estimate of drug-likeness (QED) is 0.443. The zero-order valence-corrected chi connectivity index (χ0v) is 19.0. The summed E-state index contributed by atoms with van der Waals surface area (Å²) in [5, 5.41) is 3.71. The van der Waals surface area contributed by atoms with Crippen LogP contribution in [0.15, 0.2) is 65.7 Å². The van der Waals surface area contributed by atoms with E-state index >= 15 is 0 Å². The molecule has 1 aliphatic rings. The maximum atomic E-state index is 14.1. The van der Waals surface area contributed by atoms with Crippen LogP contribution < -0.4 is 5.32 Å². The maximum absolute atomic E-state index is 14.1. The molecule has 0 aliphatic carbocycles. The smallest absolute Gasteiger partial charge is 0.243 e. The number of likely N-dealkylation sites (tertiary alicyclic amines) is 1. The number of oxazole rings is 1. The molecule has 0 spiro atoms. The lowest BCUT2D eigenvalue weighted by molar-refractivity contribution is -0.138. The molecule has 1 aliphatic heterocycles. The van der Waals surface area contributed by atoms with Crippen LogP contribution >= 0.6 is 11.6 Å². The van der Waals surface area contributed by atoms with E-state index in [1.165, 1.54) is 12.5 Å². The van der Waals surface area contributed by atoms with Gasteiger partial charge in [-0.3, -0.25) is 9.59 Å². The molecule has 34 heavy (non-hydrogen) atoms. The second-order valence-electron chi connectivity index (χ2n) is 8.23. The lowest BCUT2D eigenvalue weighted by atomic mass is 10.1. The molecule has 0 saturated carbocycles. The molecule has 1 atom stereocenters. The minimum absolute atomic E-state index is 0.00649. The molecule has 2 amide bonds. The van der Waals surface area contributed by atoms with Crippen LogP contribution in [0, 0.1) is 5.82 Å². The van der Waals surface area contributed by atoms with Crippen molar-refractivity contribution in [3.63, 3.8) is 0 Å². The van der Waals surface area contributed by atoms with E-state index in [9.17, 15) is 14.0 Å². The number of nitrogens with one attached hydrogen (secondary N) is 1. The third-order valence-electron chi connectivity index (χ3n) is 6.15. The van der Waals surface area contributed by atoms with E-state index in [0.717, 1.165) is 22.9 Å². The van der Waals surface area contributed by atoms with Crippen LogP contribution in [-0.4, -0.2) is 38.9 Å². The number of amides is 2. The van der Waals surface area contributed by atoms with Crippen LogP contribution in [0.25, 0.3) is 22.2 Å². The summed E-state index contributed by atoms with van der Waals surface area (Å²) in [7, 11) is 0. The molecular formula is C25H22ClFN4O3. The zero-order chi connectivity index (χ0) is 23.7. The summed E-state index contributed by atoms with van der Waals surface area (Å²) < 4.78 is 21.5. The third-order valence-corrected chi connectivity index (χ3v) is 6.44. The second-order valence-corrected chi connectivity index (χ2v) is 8.64. The van der Waals surface area contributed by atoms with Crippen molar-refractivity contribution in [1.29, 1.82) is 0 Å². The Morgan fingerprint density at radius 1 is 1.21 bits per heavy atom. The Morgan fingerprint density at radius 3 is 2.88 bits per heavy atom. The van der Waals surface area contributed by atoms with Crippen LogP contribution in [0.1, 0.15) is 18.4 Å². The van der Waals surface area contributed by atoms with Crippen molar-refractivity contribution in [3.8, 4) is 11.3 Å². The molecule has 2 aromatic heterocycles. The van der Waals surface area contributed by atoms with Gasteiger partial charge in [-0.2, -0.15) is 0 Å². The Balaban J connectivity index is 1.31. The van der Waals surface area contributed by atoms with Gasteiger partial charge in [0.1, 0.15) is 18.4 Å². The molecule has 0 unspecified atom stereocenters. The first kappa shape index (κ1) is 22.2. The molecule has 0 bridgehead atoms. The Labute approximate surface area is 200 Å². The summed E-state index contributed by atoms with van der Waals surface area (Å²) >= 11 is 5.82. The number of hydrogen-bond acceptors (Lipinski definition) is 4. The largest absolute Gasteiger partial charge is 0.443 e. The van der Waals surface area contributed by atoms with E-state index in [2.05, 4.69) is 10.3 Å². The molecule has 2 aromatic carbocycles. The molecular weight excluding hydrogens is 459 g/mol. The first-order valence-corrected chi connectivity index (χ1v) is 11.4. The number of fused-ring (bicyclic) bond motifs is 1. The normalized spacial score (nSPS) is 15.7. The van der Waals surface area contributed by atoms with E-state index in [-0.39, 0.29) is 29.9 Å². The number of rotatable bonds is 6. The SMILES string of the molecule is O=C(NCc1cccc(Cl)c1F)[C@@H]1CCCN1C(=O)Cn1cc(-c2cnco2)c2ccccc21. The highest BCUT2D eigenvalue weighted by Gasteiger charge is 2.34. The number of hydrogen-bond donors (Lipinski definition) is 1. The highest BCUT2D eigenvalue weighted by Crippen LogP contribution is 2.31. The van der Waals surface area contributed by atoms with E-state index in [1.807, 2.05) is 35.0 Å². The van der Waals surface area contributed by atoms with Gasteiger partial charge in [-0.1, -0.05) is 41.9 Å². The number of nitrogens with zero attached hydrogens (tertiary/aromatic N) is 3. The van der Waals surface area contributed by atoms with Gasteiger partial charge in [0.05, 0.1) is 11.2 Å². The average molecular weight is 481 g/mol. The minimum atomic E-state index is -0.592. The molecule has 1 saturated heterocycles. The Morgan fingerprint density at radius 2 is 2.06 bits per heavy atom. The standard InChI is InChI=1S/C25H22ClFN4O3/c26-19-7-3-5-16(24(19)27)11-29-25(33)21-9-4-10-31(21)23(32)14-30-13-18(22-12-28-15-34-22)17-6-1-2-8-20(17)30/h1-3,5-8,12-13,15,21H,4,9-11,14H2,(H,29,33)/t21-/m0/s1. The van der Waals surface area contributed by atoms with Crippen molar-refractivity contribution >= 4 is 34.3 Å². The average Bonchev–Trinajstić information content (AvgIpc) is 3.60. The molecule has 0 radical (unpaired) electrons. The first-order chi connectivity index (χ1) is 16.5. The minimum Gasteiger partial charge on any atom is -0.443 e. The van der Waals surface area contributed by atoms with Gasteiger partial charge in [0.15, 0.2) is 12.2 Å². The summed E-state index contributed by atoms with van der Waals surface area (Å²) in [5.74, 6) is -0.388. The Kier molecular flexibility index (Phi) is 6.06. The Bertz CT molecular complexity index is 1350. The fourth-order valence-electron chi connectivity index (χ4n) is 4.48. The number of para-hydroxylation sites is 1. The maximum Gasteiger partial charge on any atom is 0.243 e. The molecule has 4 aromatic rings. The molecule has 1 fully saturated rings. The summed E-state index contributed by atoms with van der Waals surface area (Å²) in [6, 6.07) is 11.8. The number of aromatic nitrogens is 2. The summed E-state index contributed by atoms with van der Waals surface area (Å²) in [4.78, 5) is 31.7. The van der Waals surface area contributed by atoms with E-state index in [1.54, 1.807) is 23.2 Å². The topological polar surface area (TPSA) is 80.4 Å². The van der Waals surface area contributed by atoms with E-state index in [4.69, 9.17) is 16.0 Å². The van der Waals surface area contributed by atoms with Crippen LogP contribution in [0.2, 0.25) is 5.02 Å². The Hall–Kier alpha value is -3.65. The lowest BCUT2D eigenvalue weighted by Crippen LogP contribution is -2.46. The fourth-order valence-corrected chi connectivity index (χ4v) is 4.68. The predicted molar refractivity (Wildman–Crippen MR) is 125 cm³/mol. The first-order valence-electron chi connectivity index (χ1n) is 11.0. The predicted octanol–water partition coefficient (Wildman–Crippen LogP) is 4.40. The number of carbonyl (C=O) groups is 2. The van der Waals surface area contributed by atoms with Gasteiger partial charge in [0, 0.05) is 41.3 Å². The number of carbonyl (C=O) groups excluding carboxylic acids is 2. The van der Waals surface area contributed by atoms with Gasteiger partial charge in [-0.15, -0.1) is 0 Å². The summed E-state index contributed by atoms with van der Waals surface area (Å²) in [6.07, 6.45) is 6.17. The van der Waals surface area contributed by atoms with Gasteiger partial charge < -0.3 is 19.2 Å². The molecule has 7 nitrogen and oxygen atoms in total. The van der Waals surface area contributed by atoms with Crippen LogP contribution in [0.3, 0.4) is 0 Å². The zero-order valence-electron chi connectivity index (χ0n) is 18.2. The van der Waals surface area contributed by atoms with Gasteiger partial charge in [0.25, 0.3) is 0 Å². The highest BCUT2D eigenvalue weighted by molar-refractivity contribution is 6.30. The second kappa shape index (κ2) is 9.30. The third kappa shape index (κ3) is 4.17. The lowest BCUT2D eigenvalue weighted by Gasteiger charge is -2.24. The molecule has 1 N–H and O–H groups in total. The monoisotopic (exact) mass is 480 g/mol. The summed E-state index contributed by atoms with van der Waals surface area (Å²) in [5.41, 5.74) is 2.04. The van der Waals surface area contributed by atoms with Gasteiger partial charge in [-0.25, -0.2) is 9.37 Å². The fraction of sp³-hybridized carbons (Fsp3) is 0.240. The van der Waals surface area contributed by atoms with Gasteiger partial charge >= 0.3 is 0 Å². The van der Waals surface area contributed by atoms with Crippen molar-refractivity contribution in [2.24, 2.45) is 0 Å². The molecule has 174 valence electrons. The van der Waals surface area contributed by atoms with E-state index < -0.39 is 11.9 Å². The van der Waals surface area contributed by atoms with Crippen LogP contribution in [0.4, 0.5) is 4.39 Å². The van der Waals surface area contributed by atoms with Crippen molar-refractivity contribution in [2.75, 3.05) is 6.54 Å².